The number of hydrogen-bond acceptors (Lipinski definition) is 3. The SMILES string of the molecule is CCNC(=NCCCCN1CCC(C(N)=O)CC1)NC(C)CCc1ccccc1.I. The number of benzene rings is 1. The van der Waals surface area contributed by atoms with Crippen molar-refractivity contribution in [1.82, 2.24) is 15.5 Å². The van der Waals surface area contributed by atoms with Crippen LogP contribution < -0.4 is 16.4 Å². The van der Waals surface area contributed by atoms with E-state index in [1.54, 1.807) is 0 Å². The maximum absolute atomic E-state index is 11.2. The second-order valence-corrected chi connectivity index (χ2v) is 8.06. The molecule has 1 fully saturated rings. The summed E-state index contributed by atoms with van der Waals surface area (Å²) in [7, 11) is 0. The van der Waals surface area contributed by atoms with Crippen molar-refractivity contribution in [3.05, 3.63) is 35.9 Å². The first-order valence-electron chi connectivity index (χ1n) is 11.2. The van der Waals surface area contributed by atoms with Crippen molar-refractivity contribution >= 4 is 35.8 Å². The molecule has 1 aliphatic heterocycles. The molecule has 1 saturated heterocycles. The first-order valence-corrected chi connectivity index (χ1v) is 11.2. The van der Waals surface area contributed by atoms with Gasteiger partial charge in [0.15, 0.2) is 5.96 Å². The predicted molar refractivity (Wildman–Crippen MR) is 136 cm³/mol. The number of nitrogens with one attached hydrogen (secondary N) is 2. The Morgan fingerprint density at radius 3 is 2.57 bits per heavy atom. The molecule has 1 unspecified atom stereocenters. The van der Waals surface area contributed by atoms with Gasteiger partial charge in [0.2, 0.25) is 5.91 Å². The van der Waals surface area contributed by atoms with Gasteiger partial charge in [-0.2, -0.15) is 0 Å². The van der Waals surface area contributed by atoms with Gasteiger partial charge >= 0.3 is 0 Å². The number of aryl methyl sites for hydroxylation is 1. The number of unbranched alkanes of at least 4 members (excludes halogenated alkanes) is 1. The van der Waals surface area contributed by atoms with Crippen LogP contribution in [-0.2, 0) is 11.2 Å². The highest BCUT2D eigenvalue weighted by Crippen LogP contribution is 2.16. The molecular weight excluding hydrogens is 489 g/mol. The minimum atomic E-state index is -0.138. The van der Waals surface area contributed by atoms with E-state index in [9.17, 15) is 4.79 Å². The number of primary amides is 1. The van der Waals surface area contributed by atoms with E-state index in [1.165, 1.54) is 5.56 Å². The van der Waals surface area contributed by atoms with Gasteiger partial charge in [-0.1, -0.05) is 30.3 Å². The summed E-state index contributed by atoms with van der Waals surface area (Å²) in [6.45, 7) is 9.07. The number of rotatable bonds is 11. The number of hydrogen-bond donors (Lipinski definition) is 3. The van der Waals surface area contributed by atoms with Crippen LogP contribution in [0, 0.1) is 5.92 Å². The standard InChI is InChI=1S/C23H39N5O.HI/c1-3-25-23(27-19(2)11-12-20-9-5-4-6-10-20)26-15-7-8-16-28-17-13-21(14-18-28)22(24)29;/h4-6,9-10,19,21H,3,7-8,11-18H2,1-2H3,(H2,24,29)(H2,25,26,27);1H. The summed E-state index contributed by atoms with van der Waals surface area (Å²) in [6, 6.07) is 11.0. The second-order valence-electron chi connectivity index (χ2n) is 8.06. The maximum Gasteiger partial charge on any atom is 0.220 e. The van der Waals surface area contributed by atoms with Gasteiger partial charge in [0.05, 0.1) is 0 Å². The van der Waals surface area contributed by atoms with Gasteiger partial charge < -0.3 is 21.3 Å². The van der Waals surface area contributed by atoms with E-state index in [0.717, 1.165) is 77.2 Å². The second kappa shape index (κ2) is 15.5. The predicted octanol–water partition coefficient (Wildman–Crippen LogP) is 3.16. The smallest absolute Gasteiger partial charge is 0.220 e. The molecule has 1 aromatic carbocycles. The number of carbonyl (C=O) groups excluding carboxylic acids is 1. The van der Waals surface area contributed by atoms with Crippen LogP contribution >= 0.6 is 24.0 Å². The van der Waals surface area contributed by atoms with Crippen LogP contribution in [0.15, 0.2) is 35.3 Å². The first kappa shape index (κ1) is 26.7. The zero-order chi connectivity index (χ0) is 20.9. The fourth-order valence-corrected chi connectivity index (χ4v) is 3.73. The summed E-state index contributed by atoms with van der Waals surface area (Å²) in [5.74, 6) is 0.851. The summed E-state index contributed by atoms with van der Waals surface area (Å²) < 4.78 is 0. The molecule has 1 aliphatic rings. The number of nitrogens with zero attached hydrogens (tertiary/aromatic N) is 2. The minimum absolute atomic E-state index is 0. The average molecular weight is 530 g/mol. The Morgan fingerprint density at radius 2 is 1.93 bits per heavy atom. The number of carbonyl (C=O) groups is 1. The molecule has 0 bridgehead atoms. The van der Waals surface area contributed by atoms with Gasteiger partial charge in [-0.15, -0.1) is 24.0 Å². The Morgan fingerprint density at radius 1 is 1.23 bits per heavy atom. The molecule has 6 nitrogen and oxygen atoms in total. The van der Waals surface area contributed by atoms with E-state index in [2.05, 4.69) is 59.7 Å². The lowest BCUT2D eigenvalue weighted by atomic mass is 9.96. The number of aliphatic imine (C=N–C) groups is 1. The molecular formula is C23H40IN5O. The number of likely N-dealkylation sites (tertiary alicyclic amines) is 1. The molecule has 0 saturated carbocycles. The quantitative estimate of drug-likeness (QED) is 0.178. The fourth-order valence-electron chi connectivity index (χ4n) is 3.73. The van der Waals surface area contributed by atoms with Crippen LogP contribution in [-0.4, -0.2) is 55.5 Å². The van der Waals surface area contributed by atoms with Gasteiger partial charge in [-0.05, 0) is 77.6 Å². The normalized spacial score (nSPS) is 16.5. The lowest BCUT2D eigenvalue weighted by molar-refractivity contribution is -0.123. The van der Waals surface area contributed by atoms with Crippen molar-refractivity contribution in [2.24, 2.45) is 16.6 Å². The van der Waals surface area contributed by atoms with Crippen molar-refractivity contribution in [1.29, 1.82) is 0 Å². The number of guanidine groups is 1. The molecule has 4 N–H and O–H groups in total. The van der Waals surface area contributed by atoms with E-state index >= 15 is 0 Å². The van der Waals surface area contributed by atoms with Crippen LogP contribution in [0.4, 0.5) is 0 Å². The van der Waals surface area contributed by atoms with Gasteiger partial charge in [0.25, 0.3) is 0 Å². The van der Waals surface area contributed by atoms with E-state index in [-0.39, 0.29) is 35.8 Å². The van der Waals surface area contributed by atoms with Crippen molar-refractivity contribution in [2.75, 3.05) is 32.7 Å². The maximum atomic E-state index is 11.2. The molecule has 30 heavy (non-hydrogen) atoms. The highest BCUT2D eigenvalue weighted by Gasteiger charge is 2.22. The molecule has 1 aromatic rings. The van der Waals surface area contributed by atoms with Gasteiger partial charge in [0.1, 0.15) is 0 Å². The van der Waals surface area contributed by atoms with E-state index in [0.29, 0.717) is 6.04 Å². The third-order valence-corrected chi connectivity index (χ3v) is 5.58. The molecule has 7 heteroatoms. The molecule has 0 radical (unpaired) electrons. The van der Waals surface area contributed by atoms with Crippen molar-refractivity contribution < 1.29 is 4.79 Å². The summed E-state index contributed by atoms with van der Waals surface area (Å²) in [6.07, 6.45) is 6.17. The molecule has 0 aromatic heterocycles. The Hall–Kier alpha value is -1.35. The topological polar surface area (TPSA) is 82.8 Å². The van der Waals surface area contributed by atoms with Crippen LogP contribution in [0.2, 0.25) is 0 Å². The highest BCUT2D eigenvalue weighted by atomic mass is 127. The largest absolute Gasteiger partial charge is 0.369 e. The molecule has 2 rings (SSSR count). The van der Waals surface area contributed by atoms with Gasteiger partial charge in [-0.25, -0.2) is 0 Å². The zero-order valence-electron chi connectivity index (χ0n) is 18.6. The lowest BCUT2D eigenvalue weighted by Gasteiger charge is -2.30. The molecule has 0 spiro atoms. The number of nitrogens with two attached hydrogens (primary N) is 1. The molecule has 1 heterocycles. The molecule has 0 aliphatic carbocycles. The number of amides is 1. The monoisotopic (exact) mass is 529 g/mol. The molecule has 1 amide bonds. The Bertz CT molecular complexity index is 617. The third kappa shape index (κ3) is 10.6. The van der Waals surface area contributed by atoms with Crippen molar-refractivity contribution in [3.63, 3.8) is 0 Å². The Labute approximate surface area is 199 Å². The van der Waals surface area contributed by atoms with Crippen LogP contribution in [0.5, 0.6) is 0 Å². The van der Waals surface area contributed by atoms with Crippen LogP contribution in [0.1, 0.15) is 51.5 Å². The summed E-state index contributed by atoms with van der Waals surface area (Å²) in [4.78, 5) is 18.4. The first-order chi connectivity index (χ1) is 14.1. The zero-order valence-corrected chi connectivity index (χ0v) is 20.9. The van der Waals surface area contributed by atoms with Crippen LogP contribution in [0.25, 0.3) is 0 Å². The van der Waals surface area contributed by atoms with E-state index in [4.69, 9.17) is 10.7 Å². The van der Waals surface area contributed by atoms with Crippen LogP contribution in [0.3, 0.4) is 0 Å². The Kier molecular flexibility index (Phi) is 13.7. The average Bonchev–Trinajstić information content (AvgIpc) is 2.73. The van der Waals surface area contributed by atoms with Crippen molar-refractivity contribution in [2.45, 2.75) is 58.4 Å². The van der Waals surface area contributed by atoms with Crippen molar-refractivity contribution in [3.8, 4) is 0 Å². The van der Waals surface area contributed by atoms with E-state index in [1.807, 2.05) is 0 Å². The molecule has 1 atom stereocenters. The summed E-state index contributed by atoms with van der Waals surface area (Å²) in [5, 5.41) is 6.88. The minimum Gasteiger partial charge on any atom is -0.369 e. The third-order valence-electron chi connectivity index (χ3n) is 5.58. The Balaban J connectivity index is 0.00000450. The van der Waals surface area contributed by atoms with Gasteiger partial charge in [0, 0.05) is 25.0 Å². The van der Waals surface area contributed by atoms with Gasteiger partial charge in [-0.3, -0.25) is 9.79 Å². The fraction of sp³-hybridized carbons (Fsp3) is 0.652. The number of piperidine rings is 1. The van der Waals surface area contributed by atoms with E-state index < -0.39 is 0 Å². The number of halogens is 1. The molecule has 170 valence electrons. The lowest BCUT2D eigenvalue weighted by Crippen LogP contribution is -2.42. The summed E-state index contributed by atoms with van der Waals surface area (Å²) >= 11 is 0. The highest BCUT2D eigenvalue weighted by molar-refractivity contribution is 14.0. The summed E-state index contributed by atoms with van der Waals surface area (Å²) in [5.41, 5.74) is 6.78.